The van der Waals surface area contributed by atoms with Crippen LogP contribution in [0.3, 0.4) is 0 Å². The van der Waals surface area contributed by atoms with Crippen molar-refractivity contribution in [2.75, 3.05) is 6.54 Å². The van der Waals surface area contributed by atoms with Gasteiger partial charge in [-0.2, -0.15) is 0 Å². The molecule has 5 heteroatoms. The van der Waals surface area contributed by atoms with Gasteiger partial charge in [-0.25, -0.2) is 0 Å². The van der Waals surface area contributed by atoms with Gasteiger partial charge >= 0.3 is 0 Å². The first kappa shape index (κ1) is 14.3. The molecule has 0 spiro atoms. The second-order valence-electron chi connectivity index (χ2n) is 5.85. The fraction of sp³-hybridized carbons (Fsp3) is 0.571. The van der Waals surface area contributed by atoms with Crippen LogP contribution in [0.15, 0.2) is 21.5 Å². The van der Waals surface area contributed by atoms with Crippen LogP contribution in [0.5, 0.6) is 0 Å². The molecular weight excluding hydrogens is 308 g/mol. The van der Waals surface area contributed by atoms with Gasteiger partial charge in [0, 0.05) is 12.7 Å². The summed E-state index contributed by atoms with van der Waals surface area (Å²) in [6, 6.07) is 1.55. The largest absolute Gasteiger partial charge is 0.351 e. The number of aromatic amines is 1. The highest BCUT2D eigenvalue weighted by Gasteiger charge is 2.42. The molecule has 1 aromatic rings. The summed E-state index contributed by atoms with van der Waals surface area (Å²) in [6.45, 7) is 5.14. The van der Waals surface area contributed by atoms with Crippen LogP contribution in [0.25, 0.3) is 0 Å². The molecule has 1 aliphatic rings. The summed E-state index contributed by atoms with van der Waals surface area (Å²) in [6.07, 6.45) is 4.99. The van der Waals surface area contributed by atoms with Gasteiger partial charge in [0.2, 0.25) is 0 Å². The van der Waals surface area contributed by atoms with Gasteiger partial charge in [0.05, 0.1) is 10.0 Å². The first-order valence-electron chi connectivity index (χ1n) is 6.58. The zero-order chi connectivity index (χ0) is 14.0. The van der Waals surface area contributed by atoms with Gasteiger partial charge < -0.3 is 10.3 Å². The molecular formula is C14H19BrN2O2. The molecule has 4 nitrogen and oxygen atoms in total. The molecule has 2 rings (SSSR count). The molecule has 0 radical (unpaired) electrons. The molecule has 0 aliphatic heterocycles. The van der Waals surface area contributed by atoms with Crippen molar-refractivity contribution in [3.8, 4) is 0 Å². The average Bonchev–Trinajstić information content (AvgIpc) is 3.09. The summed E-state index contributed by atoms with van der Waals surface area (Å²) in [5, 5.41) is 2.97. The average molecular weight is 327 g/mol. The first-order valence-corrected chi connectivity index (χ1v) is 7.38. The SMILES string of the molecule is CC(C)CC1(CNC(=O)c2c[nH]c(=O)c(Br)c2)CC1. The predicted octanol–water partition coefficient (Wildman–Crippen LogP) is 2.69. The Bertz CT molecular complexity index is 532. The smallest absolute Gasteiger partial charge is 0.262 e. The number of H-pyrrole nitrogens is 1. The topological polar surface area (TPSA) is 62.0 Å². The number of rotatable bonds is 5. The van der Waals surface area contributed by atoms with Crippen LogP contribution in [0.2, 0.25) is 0 Å². The van der Waals surface area contributed by atoms with E-state index in [-0.39, 0.29) is 11.5 Å². The normalized spacial score (nSPS) is 16.4. The highest BCUT2D eigenvalue weighted by molar-refractivity contribution is 9.10. The quantitative estimate of drug-likeness (QED) is 0.873. The summed E-state index contributed by atoms with van der Waals surface area (Å²) in [5.41, 5.74) is 0.560. The molecule has 0 aromatic carbocycles. The number of carbonyl (C=O) groups excluding carboxylic acids is 1. The number of halogens is 1. The summed E-state index contributed by atoms with van der Waals surface area (Å²) in [4.78, 5) is 25.8. The summed E-state index contributed by atoms with van der Waals surface area (Å²) >= 11 is 3.13. The van der Waals surface area contributed by atoms with E-state index in [1.807, 2.05) is 0 Å². The Morgan fingerprint density at radius 2 is 2.21 bits per heavy atom. The Morgan fingerprint density at radius 3 is 2.74 bits per heavy atom. The lowest BCUT2D eigenvalue weighted by Crippen LogP contribution is -2.31. The Hall–Kier alpha value is -1.10. The van der Waals surface area contributed by atoms with E-state index in [4.69, 9.17) is 0 Å². The molecule has 1 saturated carbocycles. The molecule has 1 aromatic heterocycles. The van der Waals surface area contributed by atoms with Gasteiger partial charge in [0.15, 0.2) is 0 Å². The fourth-order valence-corrected chi connectivity index (χ4v) is 2.81. The van der Waals surface area contributed by atoms with Gasteiger partial charge in [-0.05, 0) is 52.6 Å². The van der Waals surface area contributed by atoms with E-state index in [0.29, 0.717) is 21.4 Å². The van der Waals surface area contributed by atoms with Crippen molar-refractivity contribution >= 4 is 21.8 Å². The maximum absolute atomic E-state index is 12.0. The number of amides is 1. The standard InChI is InChI=1S/C14H19BrN2O2/c1-9(2)6-14(3-4-14)8-17-12(18)10-5-11(15)13(19)16-7-10/h5,7,9H,3-4,6,8H2,1-2H3,(H,16,19)(H,17,18). The Labute approximate surface area is 121 Å². The lowest BCUT2D eigenvalue weighted by molar-refractivity contribution is 0.0942. The van der Waals surface area contributed by atoms with Crippen molar-refractivity contribution in [1.29, 1.82) is 0 Å². The molecule has 1 amide bonds. The van der Waals surface area contributed by atoms with Gasteiger partial charge in [0.1, 0.15) is 0 Å². The molecule has 1 aliphatic carbocycles. The number of hydrogen-bond acceptors (Lipinski definition) is 2. The van der Waals surface area contributed by atoms with E-state index in [9.17, 15) is 9.59 Å². The van der Waals surface area contributed by atoms with Crippen LogP contribution >= 0.6 is 15.9 Å². The molecule has 0 saturated heterocycles. The minimum Gasteiger partial charge on any atom is -0.351 e. The number of carbonyl (C=O) groups is 1. The highest BCUT2D eigenvalue weighted by Crippen LogP contribution is 2.50. The highest BCUT2D eigenvalue weighted by atomic mass is 79.9. The van der Waals surface area contributed by atoms with Crippen molar-refractivity contribution in [2.45, 2.75) is 33.1 Å². The maximum atomic E-state index is 12.0. The Morgan fingerprint density at radius 1 is 1.53 bits per heavy atom. The first-order chi connectivity index (χ1) is 8.92. The molecule has 19 heavy (non-hydrogen) atoms. The molecule has 2 N–H and O–H groups in total. The number of aromatic nitrogens is 1. The van der Waals surface area contributed by atoms with E-state index in [1.54, 1.807) is 6.07 Å². The predicted molar refractivity (Wildman–Crippen MR) is 78.2 cm³/mol. The van der Waals surface area contributed by atoms with Gasteiger partial charge in [0.25, 0.3) is 11.5 Å². The van der Waals surface area contributed by atoms with Crippen molar-refractivity contribution in [1.82, 2.24) is 10.3 Å². The minimum absolute atomic E-state index is 0.132. The second-order valence-corrected chi connectivity index (χ2v) is 6.70. The van der Waals surface area contributed by atoms with E-state index < -0.39 is 0 Å². The second kappa shape index (κ2) is 5.49. The number of pyridine rings is 1. The van der Waals surface area contributed by atoms with Gasteiger partial charge in [-0.3, -0.25) is 9.59 Å². The van der Waals surface area contributed by atoms with Crippen molar-refractivity contribution in [2.24, 2.45) is 11.3 Å². The summed E-state index contributed by atoms with van der Waals surface area (Å²) in [7, 11) is 0. The van der Waals surface area contributed by atoms with Crippen molar-refractivity contribution < 1.29 is 4.79 Å². The van der Waals surface area contributed by atoms with Gasteiger partial charge in [-0.15, -0.1) is 0 Å². The lowest BCUT2D eigenvalue weighted by Gasteiger charge is -2.18. The zero-order valence-electron chi connectivity index (χ0n) is 11.3. The minimum atomic E-state index is -0.227. The van der Waals surface area contributed by atoms with Crippen LogP contribution in [-0.2, 0) is 0 Å². The number of nitrogens with one attached hydrogen (secondary N) is 2. The van der Waals surface area contributed by atoms with E-state index in [1.165, 1.54) is 19.0 Å². The zero-order valence-corrected chi connectivity index (χ0v) is 12.8. The van der Waals surface area contributed by atoms with Crippen LogP contribution < -0.4 is 10.9 Å². The molecule has 104 valence electrons. The van der Waals surface area contributed by atoms with Crippen molar-refractivity contribution in [3.63, 3.8) is 0 Å². The third kappa shape index (κ3) is 3.69. The molecule has 1 fully saturated rings. The maximum Gasteiger partial charge on any atom is 0.262 e. The van der Waals surface area contributed by atoms with Crippen LogP contribution in [0, 0.1) is 11.3 Å². The Balaban J connectivity index is 1.94. The fourth-order valence-electron chi connectivity index (χ4n) is 2.45. The van der Waals surface area contributed by atoms with Crippen LogP contribution in [-0.4, -0.2) is 17.4 Å². The third-order valence-corrected chi connectivity index (χ3v) is 4.13. The van der Waals surface area contributed by atoms with Crippen molar-refractivity contribution in [3.05, 3.63) is 32.7 Å². The molecule has 0 atom stereocenters. The monoisotopic (exact) mass is 326 g/mol. The molecule has 0 unspecified atom stereocenters. The van der Waals surface area contributed by atoms with E-state index >= 15 is 0 Å². The Kier molecular flexibility index (Phi) is 4.13. The molecule has 0 bridgehead atoms. The van der Waals surface area contributed by atoms with Gasteiger partial charge in [-0.1, -0.05) is 13.8 Å². The third-order valence-electron chi connectivity index (χ3n) is 3.54. The van der Waals surface area contributed by atoms with E-state index in [2.05, 4.69) is 40.1 Å². The van der Waals surface area contributed by atoms with Crippen LogP contribution in [0.4, 0.5) is 0 Å². The number of hydrogen-bond donors (Lipinski definition) is 2. The molecule has 1 heterocycles. The summed E-state index contributed by atoms with van der Waals surface area (Å²) in [5.74, 6) is 0.522. The van der Waals surface area contributed by atoms with Crippen LogP contribution in [0.1, 0.15) is 43.5 Å². The van der Waals surface area contributed by atoms with E-state index in [0.717, 1.165) is 13.0 Å². The lowest BCUT2D eigenvalue weighted by atomic mass is 9.94. The summed E-state index contributed by atoms with van der Waals surface area (Å²) < 4.78 is 0.378.